The third-order valence-corrected chi connectivity index (χ3v) is 5.05. The second-order valence-electron chi connectivity index (χ2n) is 5.14. The molecule has 0 saturated carbocycles. The molecule has 0 aliphatic carbocycles. The molecule has 104 valence electrons. The monoisotopic (exact) mass is 260 g/mol. The molecule has 1 N–H and O–H groups in total. The molecule has 0 spiro atoms. The van der Waals surface area contributed by atoms with Gasteiger partial charge in [0.05, 0.1) is 0 Å². The summed E-state index contributed by atoms with van der Waals surface area (Å²) in [5.74, 6) is 0. The molecule has 0 amide bonds. The van der Waals surface area contributed by atoms with E-state index < -0.39 is 8.15 Å². The van der Waals surface area contributed by atoms with Crippen LogP contribution in [0.4, 0.5) is 0 Å². The Morgan fingerprint density at radius 2 is 1.06 bits per heavy atom. The van der Waals surface area contributed by atoms with Crippen molar-refractivity contribution in [3.8, 4) is 0 Å². The maximum Gasteiger partial charge on any atom is 0.0251 e. The Morgan fingerprint density at radius 3 is 1.53 bits per heavy atom. The molecule has 0 bridgehead atoms. The molecule has 0 fully saturated rings. The topological polar surface area (TPSA) is 20.2 Å². The number of hydrogen-bond donors (Lipinski definition) is 1. The van der Waals surface area contributed by atoms with E-state index >= 15 is 0 Å². The van der Waals surface area contributed by atoms with Crippen molar-refractivity contribution in [1.29, 1.82) is 0 Å². The summed E-state index contributed by atoms with van der Waals surface area (Å²) in [7, 11) is -0.615. The van der Waals surface area contributed by atoms with Gasteiger partial charge in [0.25, 0.3) is 0 Å². The third kappa shape index (κ3) is 14.3. The van der Waals surface area contributed by atoms with Gasteiger partial charge in [-0.1, -0.05) is 78.1 Å². The van der Waals surface area contributed by atoms with Gasteiger partial charge in [-0.2, -0.15) is 0 Å². The van der Waals surface area contributed by atoms with Crippen LogP contribution in [-0.2, 0) is 0 Å². The first-order valence-corrected chi connectivity index (χ1v) is 9.41. The molecule has 0 saturated heterocycles. The molecule has 1 nitrogen and oxygen atoms in total. The SMILES string of the molecule is CCCCCCCCCCCCP(O)CCC. The van der Waals surface area contributed by atoms with E-state index in [0.717, 1.165) is 18.7 Å². The summed E-state index contributed by atoms with van der Waals surface area (Å²) >= 11 is 0. The lowest BCUT2D eigenvalue weighted by atomic mass is 10.1. The molecular weight excluding hydrogens is 227 g/mol. The Morgan fingerprint density at radius 1 is 0.588 bits per heavy atom. The fourth-order valence-electron chi connectivity index (χ4n) is 2.15. The average molecular weight is 260 g/mol. The minimum Gasteiger partial charge on any atom is -0.374 e. The zero-order valence-corrected chi connectivity index (χ0v) is 13.0. The van der Waals surface area contributed by atoms with Gasteiger partial charge in [-0.05, 0) is 18.7 Å². The van der Waals surface area contributed by atoms with Gasteiger partial charge in [-0.25, -0.2) is 0 Å². The molecule has 0 radical (unpaired) electrons. The van der Waals surface area contributed by atoms with Crippen molar-refractivity contribution in [2.75, 3.05) is 12.3 Å². The van der Waals surface area contributed by atoms with Crippen LogP contribution in [0.2, 0.25) is 0 Å². The van der Waals surface area contributed by atoms with Crippen LogP contribution in [0.15, 0.2) is 0 Å². The van der Waals surface area contributed by atoms with Crippen LogP contribution < -0.4 is 0 Å². The smallest absolute Gasteiger partial charge is 0.0251 e. The molecule has 0 rings (SSSR count). The van der Waals surface area contributed by atoms with Crippen LogP contribution in [0.1, 0.15) is 84.5 Å². The zero-order chi connectivity index (χ0) is 12.8. The first-order chi connectivity index (χ1) is 8.31. The lowest BCUT2D eigenvalue weighted by molar-refractivity contribution is 0.559. The minimum absolute atomic E-state index is 0.615. The second kappa shape index (κ2) is 14.5. The zero-order valence-electron chi connectivity index (χ0n) is 12.1. The van der Waals surface area contributed by atoms with Crippen LogP contribution in [0.25, 0.3) is 0 Å². The van der Waals surface area contributed by atoms with E-state index in [4.69, 9.17) is 0 Å². The molecule has 1 unspecified atom stereocenters. The molecule has 0 aromatic rings. The lowest BCUT2D eigenvalue weighted by Gasteiger charge is -2.08. The summed E-state index contributed by atoms with van der Waals surface area (Å²) in [5.41, 5.74) is 0. The van der Waals surface area contributed by atoms with Crippen molar-refractivity contribution in [2.24, 2.45) is 0 Å². The van der Waals surface area contributed by atoms with Crippen LogP contribution in [0.3, 0.4) is 0 Å². The Labute approximate surface area is 110 Å². The van der Waals surface area contributed by atoms with Crippen LogP contribution >= 0.6 is 8.15 Å². The minimum atomic E-state index is -0.615. The van der Waals surface area contributed by atoms with Gasteiger partial charge >= 0.3 is 0 Å². The largest absolute Gasteiger partial charge is 0.374 e. The first kappa shape index (κ1) is 17.4. The Kier molecular flexibility index (Phi) is 14.8. The molecular formula is C15H33OP. The summed E-state index contributed by atoms with van der Waals surface area (Å²) in [6, 6.07) is 0. The first-order valence-electron chi connectivity index (χ1n) is 7.75. The van der Waals surface area contributed by atoms with Gasteiger partial charge in [0.15, 0.2) is 0 Å². The van der Waals surface area contributed by atoms with E-state index in [0.29, 0.717) is 0 Å². The Bertz CT molecular complexity index is 139. The van der Waals surface area contributed by atoms with Crippen molar-refractivity contribution in [1.82, 2.24) is 0 Å². The van der Waals surface area contributed by atoms with E-state index in [2.05, 4.69) is 13.8 Å². The molecule has 0 aliphatic rings. The van der Waals surface area contributed by atoms with E-state index in [-0.39, 0.29) is 0 Å². The van der Waals surface area contributed by atoms with Crippen LogP contribution in [-0.4, -0.2) is 17.2 Å². The van der Waals surface area contributed by atoms with Gasteiger partial charge in [0.2, 0.25) is 0 Å². The fourth-order valence-corrected chi connectivity index (χ4v) is 3.48. The third-order valence-electron chi connectivity index (χ3n) is 3.25. The number of rotatable bonds is 13. The average Bonchev–Trinajstić information content (AvgIpc) is 2.32. The van der Waals surface area contributed by atoms with E-state index in [9.17, 15) is 4.89 Å². The van der Waals surface area contributed by atoms with Crippen molar-refractivity contribution in [3.05, 3.63) is 0 Å². The van der Waals surface area contributed by atoms with Gasteiger partial charge in [0, 0.05) is 8.15 Å². The molecule has 17 heavy (non-hydrogen) atoms. The standard InChI is InChI=1S/C15H33OP/c1-3-5-6-7-8-9-10-11-12-13-15-17(16)14-4-2/h16H,3-15H2,1-2H3. The van der Waals surface area contributed by atoms with E-state index in [1.807, 2.05) is 0 Å². The number of unbranched alkanes of at least 4 members (excludes halogenated alkanes) is 9. The summed E-state index contributed by atoms with van der Waals surface area (Å²) in [5, 5.41) is 0. The van der Waals surface area contributed by atoms with Crippen molar-refractivity contribution in [2.45, 2.75) is 84.5 Å². The van der Waals surface area contributed by atoms with Crippen molar-refractivity contribution >= 4 is 8.15 Å². The van der Waals surface area contributed by atoms with Gasteiger partial charge in [-0.3, -0.25) is 0 Å². The predicted octanol–water partition coefficient (Wildman–Crippen LogP) is 5.71. The molecule has 2 heteroatoms. The Balaban J connectivity index is 2.98. The second-order valence-corrected chi connectivity index (χ2v) is 7.04. The molecule has 0 aliphatic heterocycles. The predicted molar refractivity (Wildman–Crippen MR) is 81.0 cm³/mol. The van der Waals surface area contributed by atoms with Gasteiger partial charge in [0.1, 0.15) is 0 Å². The summed E-state index contributed by atoms with van der Waals surface area (Å²) < 4.78 is 0. The van der Waals surface area contributed by atoms with E-state index in [1.165, 1.54) is 64.2 Å². The highest BCUT2D eigenvalue weighted by molar-refractivity contribution is 7.51. The molecule has 0 aromatic carbocycles. The van der Waals surface area contributed by atoms with Gasteiger partial charge in [-0.15, -0.1) is 0 Å². The van der Waals surface area contributed by atoms with Crippen LogP contribution in [0, 0.1) is 0 Å². The maximum atomic E-state index is 9.64. The molecule has 1 atom stereocenters. The quantitative estimate of drug-likeness (QED) is 0.332. The highest BCUT2D eigenvalue weighted by atomic mass is 31.1. The summed E-state index contributed by atoms with van der Waals surface area (Å²) in [4.78, 5) is 9.64. The van der Waals surface area contributed by atoms with Gasteiger partial charge < -0.3 is 4.89 Å². The Hall–Kier alpha value is 0.390. The fraction of sp³-hybridized carbons (Fsp3) is 1.00. The normalized spacial score (nSPS) is 12.9. The molecule has 0 heterocycles. The van der Waals surface area contributed by atoms with Crippen molar-refractivity contribution < 1.29 is 4.89 Å². The highest BCUT2D eigenvalue weighted by Crippen LogP contribution is 2.31. The molecule has 0 aromatic heterocycles. The lowest BCUT2D eigenvalue weighted by Crippen LogP contribution is -1.89. The van der Waals surface area contributed by atoms with Crippen molar-refractivity contribution in [3.63, 3.8) is 0 Å². The maximum absolute atomic E-state index is 9.64. The van der Waals surface area contributed by atoms with E-state index in [1.54, 1.807) is 0 Å². The summed E-state index contributed by atoms with van der Waals surface area (Å²) in [6.45, 7) is 4.43. The van der Waals surface area contributed by atoms with Crippen LogP contribution in [0.5, 0.6) is 0 Å². The summed E-state index contributed by atoms with van der Waals surface area (Å²) in [6.07, 6.45) is 17.1. The number of hydrogen-bond acceptors (Lipinski definition) is 1. The highest BCUT2D eigenvalue weighted by Gasteiger charge is 2.01.